The standard InChI is InChI=1S/C22H33N7S/c1-19(30-20-8-4-3-5-9-20)18-27-21(23-2)24-12-7-13-28-14-16-29(17-15-28)22-25-10-6-11-26-22/h3-6,8-11,19H,7,12-18H2,1-2H3,(H2,23,24,27). The summed E-state index contributed by atoms with van der Waals surface area (Å²) in [6.07, 6.45) is 4.71. The Balaban J connectivity index is 1.27. The zero-order valence-corrected chi connectivity index (χ0v) is 18.8. The summed E-state index contributed by atoms with van der Waals surface area (Å²) < 4.78 is 0. The number of hydrogen-bond acceptors (Lipinski definition) is 6. The third-order valence-electron chi connectivity index (χ3n) is 5.01. The molecule has 1 saturated heterocycles. The van der Waals surface area contributed by atoms with E-state index in [9.17, 15) is 0 Å². The van der Waals surface area contributed by atoms with Gasteiger partial charge >= 0.3 is 0 Å². The first-order valence-electron chi connectivity index (χ1n) is 10.6. The molecule has 1 aliphatic rings. The summed E-state index contributed by atoms with van der Waals surface area (Å²) in [5.41, 5.74) is 0. The number of benzene rings is 1. The molecule has 0 saturated carbocycles. The van der Waals surface area contributed by atoms with Gasteiger partial charge in [-0.3, -0.25) is 9.89 Å². The third-order valence-corrected chi connectivity index (χ3v) is 6.13. The van der Waals surface area contributed by atoms with Crippen LogP contribution in [0.2, 0.25) is 0 Å². The van der Waals surface area contributed by atoms with Crippen LogP contribution < -0.4 is 15.5 Å². The van der Waals surface area contributed by atoms with Crippen molar-refractivity contribution in [2.45, 2.75) is 23.5 Å². The van der Waals surface area contributed by atoms with Crippen molar-refractivity contribution < 1.29 is 0 Å². The summed E-state index contributed by atoms with van der Waals surface area (Å²) >= 11 is 1.88. The second-order valence-electron chi connectivity index (χ2n) is 7.35. The van der Waals surface area contributed by atoms with Gasteiger partial charge in [0.15, 0.2) is 5.96 Å². The molecule has 2 heterocycles. The van der Waals surface area contributed by atoms with Crippen molar-refractivity contribution in [2.24, 2.45) is 4.99 Å². The second kappa shape index (κ2) is 12.4. The Kier molecular flexibility index (Phi) is 9.24. The average Bonchev–Trinajstić information content (AvgIpc) is 2.80. The van der Waals surface area contributed by atoms with Crippen LogP contribution in [0.15, 0.2) is 58.7 Å². The Morgan fingerprint density at radius 1 is 1.07 bits per heavy atom. The molecule has 1 fully saturated rings. The number of rotatable bonds is 9. The quantitative estimate of drug-likeness (QED) is 0.275. The van der Waals surface area contributed by atoms with Crippen molar-refractivity contribution in [3.63, 3.8) is 0 Å². The lowest BCUT2D eigenvalue weighted by atomic mass is 10.3. The Bertz CT molecular complexity index is 749. The van der Waals surface area contributed by atoms with Crippen molar-refractivity contribution in [2.75, 3.05) is 57.8 Å². The molecule has 2 aromatic rings. The van der Waals surface area contributed by atoms with Gasteiger partial charge in [-0.25, -0.2) is 9.97 Å². The highest BCUT2D eigenvalue weighted by Crippen LogP contribution is 2.21. The molecule has 1 aromatic heterocycles. The molecule has 1 atom stereocenters. The van der Waals surface area contributed by atoms with Crippen LogP contribution in [0.1, 0.15) is 13.3 Å². The van der Waals surface area contributed by atoms with E-state index in [4.69, 9.17) is 0 Å². The summed E-state index contributed by atoms with van der Waals surface area (Å²) in [5, 5.41) is 7.34. The molecule has 30 heavy (non-hydrogen) atoms. The van der Waals surface area contributed by atoms with Crippen LogP contribution in [-0.2, 0) is 0 Å². The number of nitrogens with one attached hydrogen (secondary N) is 2. The zero-order valence-electron chi connectivity index (χ0n) is 18.0. The first-order valence-corrected chi connectivity index (χ1v) is 11.5. The molecular formula is C22H33N7S. The fourth-order valence-corrected chi connectivity index (χ4v) is 4.32. The van der Waals surface area contributed by atoms with Crippen molar-refractivity contribution >= 4 is 23.7 Å². The number of aromatic nitrogens is 2. The van der Waals surface area contributed by atoms with Crippen LogP contribution in [0, 0.1) is 0 Å². The van der Waals surface area contributed by atoms with Gasteiger partial charge in [-0.1, -0.05) is 25.1 Å². The van der Waals surface area contributed by atoms with Gasteiger partial charge in [0.25, 0.3) is 0 Å². The molecule has 0 spiro atoms. The topological polar surface area (TPSA) is 68.7 Å². The summed E-state index contributed by atoms with van der Waals surface area (Å²) in [4.78, 5) is 19.1. The van der Waals surface area contributed by atoms with E-state index < -0.39 is 0 Å². The van der Waals surface area contributed by atoms with Gasteiger partial charge in [-0.15, -0.1) is 11.8 Å². The van der Waals surface area contributed by atoms with E-state index in [1.54, 1.807) is 0 Å². The molecule has 0 aliphatic carbocycles. The molecule has 1 aliphatic heterocycles. The Labute approximate surface area is 184 Å². The van der Waals surface area contributed by atoms with Crippen molar-refractivity contribution in [3.05, 3.63) is 48.8 Å². The Morgan fingerprint density at radius 3 is 2.50 bits per heavy atom. The van der Waals surface area contributed by atoms with Crippen LogP contribution >= 0.6 is 11.8 Å². The maximum atomic E-state index is 4.35. The number of thioether (sulfide) groups is 1. The molecule has 162 valence electrons. The van der Waals surface area contributed by atoms with E-state index >= 15 is 0 Å². The van der Waals surface area contributed by atoms with E-state index in [0.29, 0.717) is 5.25 Å². The first-order chi connectivity index (χ1) is 14.7. The van der Waals surface area contributed by atoms with Crippen LogP contribution in [-0.4, -0.2) is 78.9 Å². The number of anilines is 1. The van der Waals surface area contributed by atoms with Crippen molar-refractivity contribution in [1.29, 1.82) is 0 Å². The monoisotopic (exact) mass is 427 g/mol. The molecule has 7 nitrogen and oxygen atoms in total. The first kappa shape index (κ1) is 22.4. The molecule has 1 aromatic carbocycles. The summed E-state index contributed by atoms with van der Waals surface area (Å²) in [6.45, 7) is 9.20. The summed E-state index contributed by atoms with van der Waals surface area (Å²) in [5.74, 6) is 1.72. The molecule has 1 unspecified atom stereocenters. The fraction of sp³-hybridized carbons (Fsp3) is 0.500. The molecule has 2 N–H and O–H groups in total. The highest BCUT2D eigenvalue weighted by atomic mass is 32.2. The molecule has 0 bridgehead atoms. The minimum Gasteiger partial charge on any atom is -0.356 e. The highest BCUT2D eigenvalue weighted by molar-refractivity contribution is 8.00. The van der Waals surface area contributed by atoms with Gasteiger partial charge in [0, 0.05) is 68.9 Å². The highest BCUT2D eigenvalue weighted by Gasteiger charge is 2.18. The van der Waals surface area contributed by atoms with Crippen LogP contribution in [0.4, 0.5) is 5.95 Å². The summed E-state index contributed by atoms with van der Waals surface area (Å²) in [7, 11) is 1.83. The van der Waals surface area contributed by atoms with Gasteiger partial charge in [-0.05, 0) is 31.2 Å². The van der Waals surface area contributed by atoms with Crippen molar-refractivity contribution in [1.82, 2.24) is 25.5 Å². The molecule has 0 amide bonds. The number of guanidine groups is 1. The minimum absolute atomic E-state index is 0.468. The molecule has 8 heteroatoms. The Morgan fingerprint density at radius 2 is 1.80 bits per heavy atom. The normalized spacial score (nSPS) is 16.3. The number of nitrogens with zero attached hydrogens (tertiary/aromatic N) is 5. The fourth-order valence-electron chi connectivity index (χ4n) is 3.37. The number of aliphatic imine (C=N–C) groups is 1. The predicted molar refractivity (Wildman–Crippen MR) is 126 cm³/mol. The maximum Gasteiger partial charge on any atom is 0.225 e. The van der Waals surface area contributed by atoms with Gasteiger partial charge in [0.1, 0.15) is 0 Å². The minimum atomic E-state index is 0.468. The second-order valence-corrected chi connectivity index (χ2v) is 8.86. The van der Waals surface area contributed by atoms with Crippen molar-refractivity contribution in [3.8, 4) is 0 Å². The number of hydrogen-bond donors (Lipinski definition) is 2. The number of piperazine rings is 1. The van der Waals surface area contributed by atoms with Gasteiger partial charge < -0.3 is 15.5 Å². The smallest absolute Gasteiger partial charge is 0.225 e. The van der Waals surface area contributed by atoms with E-state index in [0.717, 1.165) is 64.1 Å². The molecule has 0 radical (unpaired) electrons. The maximum absolute atomic E-state index is 4.35. The third kappa shape index (κ3) is 7.50. The van der Waals surface area contributed by atoms with Gasteiger partial charge in [0.05, 0.1) is 0 Å². The Hall–Kier alpha value is -2.32. The lowest BCUT2D eigenvalue weighted by Crippen LogP contribution is -2.47. The van der Waals surface area contributed by atoms with Gasteiger partial charge in [0.2, 0.25) is 5.95 Å². The summed E-state index contributed by atoms with van der Waals surface area (Å²) in [6, 6.07) is 12.4. The van der Waals surface area contributed by atoms with E-state index in [1.165, 1.54) is 4.90 Å². The SMILES string of the molecule is CN=C(NCCCN1CCN(c2ncccn2)CC1)NCC(C)Sc1ccccc1. The molecule has 3 rings (SSSR count). The van der Waals surface area contributed by atoms with Gasteiger partial charge in [-0.2, -0.15) is 0 Å². The van der Waals surface area contributed by atoms with E-state index in [-0.39, 0.29) is 0 Å². The average molecular weight is 428 g/mol. The van der Waals surface area contributed by atoms with E-state index in [2.05, 4.69) is 72.6 Å². The lowest BCUT2D eigenvalue weighted by Gasteiger charge is -2.34. The zero-order chi connectivity index (χ0) is 21.0. The van der Waals surface area contributed by atoms with Crippen LogP contribution in [0.3, 0.4) is 0 Å². The lowest BCUT2D eigenvalue weighted by molar-refractivity contribution is 0.254. The largest absolute Gasteiger partial charge is 0.356 e. The van der Waals surface area contributed by atoms with Crippen LogP contribution in [0.5, 0.6) is 0 Å². The molecular weight excluding hydrogens is 394 g/mol. The van der Waals surface area contributed by atoms with Crippen LogP contribution in [0.25, 0.3) is 0 Å². The predicted octanol–water partition coefficient (Wildman–Crippen LogP) is 2.33. The van der Waals surface area contributed by atoms with E-state index in [1.807, 2.05) is 37.3 Å².